The Hall–Kier alpha value is -2.95. The molecule has 5 heteroatoms. The van der Waals surface area contributed by atoms with Gasteiger partial charge in [0.25, 0.3) is 11.8 Å². The predicted octanol–water partition coefficient (Wildman–Crippen LogP) is 3.60. The fourth-order valence-electron chi connectivity index (χ4n) is 3.64. The Balaban J connectivity index is 1.83. The summed E-state index contributed by atoms with van der Waals surface area (Å²) in [6.45, 7) is 1.50. The Bertz CT molecular complexity index is 886. The molecule has 0 N–H and O–H groups in total. The number of carbonyl (C=O) groups is 2. The van der Waals surface area contributed by atoms with Crippen molar-refractivity contribution in [3.05, 3.63) is 71.7 Å². The highest BCUT2D eigenvalue weighted by atomic mass is 19.1. The summed E-state index contributed by atoms with van der Waals surface area (Å²) in [7, 11) is 0. The number of rotatable bonds is 3. The molecule has 4 rings (SSSR count). The van der Waals surface area contributed by atoms with E-state index in [1.807, 2.05) is 35.2 Å². The van der Waals surface area contributed by atoms with Gasteiger partial charge in [0, 0.05) is 13.1 Å². The number of hydrogen-bond donors (Lipinski definition) is 0. The van der Waals surface area contributed by atoms with E-state index in [4.69, 9.17) is 0 Å². The van der Waals surface area contributed by atoms with Gasteiger partial charge < -0.3 is 4.90 Å². The molecule has 0 spiro atoms. The number of carbonyl (C=O) groups excluding carboxylic acids is 2. The van der Waals surface area contributed by atoms with Gasteiger partial charge in [0.1, 0.15) is 11.5 Å². The summed E-state index contributed by atoms with van der Waals surface area (Å²) in [4.78, 5) is 29.5. The molecular formula is C21H19FN2O2. The van der Waals surface area contributed by atoms with E-state index in [0.717, 1.165) is 37.3 Å². The highest BCUT2D eigenvalue weighted by molar-refractivity contribution is 6.45. The fraction of sp³-hybridized carbons (Fsp3) is 0.238. The molecule has 1 saturated heterocycles. The molecule has 2 aliphatic heterocycles. The second-order valence-electron chi connectivity index (χ2n) is 6.56. The van der Waals surface area contributed by atoms with Crippen molar-refractivity contribution in [3.8, 4) is 0 Å². The SMILES string of the molecule is O=C1C(c2ccccc2)=C(N2CCCCC2)C(=O)N1c1cccc(F)c1. The molecule has 2 aromatic rings. The van der Waals surface area contributed by atoms with Gasteiger partial charge in [-0.2, -0.15) is 0 Å². The van der Waals surface area contributed by atoms with Crippen LogP contribution in [-0.2, 0) is 9.59 Å². The number of imide groups is 1. The highest BCUT2D eigenvalue weighted by Gasteiger charge is 2.42. The van der Waals surface area contributed by atoms with E-state index in [0.29, 0.717) is 16.8 Å². The fourth-order valence-corrected chi connectivity index (χ4v) is 3.64. The van der Waals surface area contributed by atoms with E-state index in [2.05, 4.69) is 0 Å². The number of halogens is 1. The summed E-state index contributed by atoms with van der Waals surface area (Å²) in [5.74, 6) is -1.25. The van der Waals surface area contributed by atoms with E-state index < -0.39 is 11.7 Å². The number of hydrogen-bond acceptors (Lipinski definition) is 3. The van der Waals surface area contributed by atoms with Crippen molar-refractivity contribution >= 4 is 23.1 Å². The van der Waals surface area contributed by atoms with Gasteiger partial charge in [0.05, 0.1) is 11.3 Å². The topological polar surface area (TPSA) is 40.6 Å². The first-order chi connectivity index (χ1) is 12.7. The minimum Gasteiger partial charge on any atom is -0.366 e. The van der Waals surface area contributed by atoms with Crippen LogP contribution in [0.25, 0.3) is 5.57 Å². The Kier molecular flexibility index (Phi) is 4.29. The molecule has 0 aromatic heterocycles. The van der Waals surface area contributed by atoms with Crippen LogP contribution in [-0.4, -0.2) is 29.8 Å². The molecule has 4 nitrogen and oxygen atoms in total. The third-order valence-corrected chi connectivity index (χ3v) is 4.86. The first kappa shape index (κ1) is 16.5. The standard InChI is InChI=1S/C21H19FN2O2/c22-16-10-7-11-17(14-16)24-20(25)18(15-8-3-1-4-9-15)19(21(24)26)23-12-5-2-6-13-23/h1,3-4,7-11,14H,2,5-6,12-13H2. The Morgan fingerprint density at radius 2 is 1.54 bits per heavy atom. The minimum absolute atomic E-state index is 0.264. The van der Waals surface area contributed by atoms with Crippen LogP contribution >= 0.6 is 0 Å². The molecule has 0 unspecified atom stereocenters. The summed E-state index contributed by atoms with van der Waals surface area (Å²) in [6.07, 6.45) is 3.11. The molecule has 132 valence electrons. The van der Waals surface area contributed by atoms with E-state index in [1.165, 1.54) is 18.2 Å². The quantitative estimate of drug-likeness (QED) is 0.794. The molecule has 0 bridgehead atoms. The summed E-state index contributed by atoms with van der Waals surface area (Å²) in [5, 5.41) is 0. The van der Waals surface area contributed by atoms with Crippen LogP contribution < -0.4 is 4.90 Å². The number of amides is 2. The molecular weight excluding hydrogens is 331 g/mol. The van der Waals surface area contributed by atoms with E-state index in [9.17, 15) is 14.0 Å². The van der Waals surface area contributed by atoms with Crippen LogP contribution in [0.1, 0.15) is 24.8 Å². The van der Waals surface area contributed by atoms with Crippen LogP contribution in [0.2, 0.25) is 0 Å². The maximum Gasteiger partial charge on any atom is 0.282 e. The minimum atomic E-state index is -0.476. The summed E-state index contributed by atoms with van der Waals surface area (Å²) >= 11 is 0. The summed E-state index contributed by atoms with van der Waals surface area (Å²) < 4.78 is 13.7. The number of likely N-dealkylation sites (tertiary alicyclic amines) is 1. The first-order valence-electron chi connectivity index (χ1n) is 8.86. The lowest BCUT2D eigenvalue weighted by molar-refractivity contribution is -0.120. The molecule has 2 heterocycles. The molecule has 1 fully saturated rings. The van der Waals surface area contributed by atoms with Crippen molar-refractivity contribution in [2.24, 2.45) is 0 Å². The molecule has 2 amide bonds. The summed E-state index contributed by atoms with van der Waals surface area (Å²) in [5.41, 5.74) is 1.82. The lowest BCUT2D eigenvalue weighted by atomic mass is 10.0. The van der Waals surface area contributed by atoms with Crippen LogP contribution in [0.4, 0.5) is 10.1 Å². The van der Waals surface area contributed by atoms with Crippen LogP contribution in [0.5, 0.6) is 0 Å². The zero-order valence-corrected chi connectivity index (χ0v) is 14.3. The molecule has 0 radical (unpaired) electrons. The van der Waals surface area contributed by atoms with E-state index >= 15 is 0 Å². The van der Waals surface area contributed by atoms with Crippen LogP contribution in [0.15, 0.2) is 60.3 Å². The van der Waals surface area contributed by atoms with Gasteiger partial charge in [0.15, 0.2) is 0 Å². The molecule has 0 saturated carbocycles. The van der Waals surface area contributed by atoms with Crippen molar-refractivity contribution in [1.29, 1.82) is 0 Å². The Morgan fingerprint density at radius 3 is 2.23 bits per heavy atom. The van der Waals surface area contributed by atoms with Crippen LogP contribution in [0, 0.1) is 5.82 Å². The zero-order chi connectivity index (χ0) is 18.1. The van der Waals surface area contributed by atoms with Crippen molar-refractivity contribution in [2.45, 2.75) is 19.3 Å². The van der Waals surface area contributed by atoms with Gasteiger partial charge in [-0.05, 0) is 43.0 Å². The number of anilines is 1. The van der Waals surface area contributed by atoms with Gasteiger partial charge in [-0.3, -0.25) is 9.59 Å². The maximum absolute atomic E-state index is 13.7. The Morgan fingerprint density at radius 1 is 0.808 bits per heavy atom. The van der Waals surface area contributed by atoms with Gasteiger partial charge in [-0.25, -0.2) is 9.29 Å². The second kappa shape index (κ2) is 6.75. The van der Waals surface area contributed by atoms with E-state index in [-0.39, 0.29) is 11.6 Å². The zero-order valence-electron chi connectivity index (χ0n) is 14.3. The maximum atomic E-state index is 13.7. The average molecular weight is 350 g/mol. The van der Waals surface area contributed by atoms with Crippen LogP contribution in [0.3, 0.4) is 0 Å². The van der Waals surface area contributed by atoms with Crippen molar-refractivity contribution in [1.82, 2.24) is 4.90 Å². The van der Waals surface area contributed by atoms with Gasteiger partial charge in [-0.15, -0.1) is 0 Å². The smallest absolute Gasteiger partial charge is 0.282 e. The third kappa shape index (κ3) is 2.79. The van der Waals surface area contributed by atoms with Crippen molar-refractivity contribution in [2.75, 3.05) is 18.0 Å². The molecule has 26 heavy (non-hydrogen) atoms. The number of piperidine rings is 1. The molecule has 2 aromatic carbocycles. The van der Waals surface area contributed by atoms with E-state index in [1.54, 1.807) is 6.07 Å². The predicted molar refractivity (Wildman–Crippen MR) is 97.7 cm³/mol. The lowest BCUT2D eigenvalue weighted by Gasteiger charge is -2.29. The number of nitrogens with zero attached hydrogens (tertiary/aromatic N) is 2. The average Bonchev–Trinajstić information content (AvgIpc) is 2.93. The normalized spacial score (nSPS) is 18.0. The van der Waals surface area contributed by atoms with Gasteiger partial charge in [-0.1, -0.05) is 36.4 Å². The van der Waals surface area contributed by atoms with Gasteiger partial charge >= 0.3 is 0 Å². The van der Waals surface area contributed by atoms with Crippen molar-refractivity contribution < 1.29 is 14.0 Å². The highest BCUT2D eigenvalue weighted by Crippen LogP contribution is 2.35. The Labute approximate surface area is 151 Å². The lowest BCUT2D eigenvalue weighted by Crippen LogP contribution is -2.37. The number of benzene rings is 2. The second-order valence-corrected chi connectivity index (χ2v) is 6.56. The van der Waals surface area contributed by atoms with Crippen molar-refractivity contribution in [3.63, 3.8) is 0 Å². The summed E-state index contributed by atoms with van der Waals surface area (Å²) in [6, 6.07) is 14.8. The van der Waals surface area contributed by atoms with Gasteiger partial charge in [0.2, 0.25) is 0 Å². The molecule has 0 aliphatic carbocycles. The third-order valence-electron chi connectivity index (χ3n) is 4.86. The molecule has 2 aliphatic rings. The largest absolute Gasteiger partial charge is 0.366 e. The first-order valence-corrected chi connectivity index (χ1v) is 8.86. The molecule has 0 atom stereocenters. The monoisotopic (exact) mass is 350 g/mol.